The van der Waals surface area contributed by atoms with Gasteiger partial charge in [0.25, 0.3) is 0 Å². The van der Waals surface area contributed by atoms with Crippen LogP contribution in [0.25, 0.3) is 0 Å². The first-order valence-electron chi connectivity index (χ1n) is 7.17. The van der Waals surface area contributed by atoms with E-state index in [2.05, 4.69) is 5.32 Å². The van der Waals surface area contributed by atoms with Crippen LogP contribution in [-0.4, -0.2) is 18.9 Å². The van der Waals surface area contributed by atoms with Gasteiger partial charge in [-0.05, 0) is 48.9 Å². The molecule has 0 saturated heterocycles. The highest BCUT2D eigenvalue weighted by atomic mass is 32.2. The number of hydrogen-bond donors (Lipinski definition) is 1. The molecule has 21 heavy (non-hydrogen) atoms. The smallest absolute Gasteiger partial charge is 0.221 e. The molecule has 1 saturated carbocycles. The molecule has 0 aromatic heterocycles. The quantitative estimate of drug-likeness (QED) is 0.870. The summed E-state index contributed by atoms with van der Waals surface area (Å²) in [7, 11) is -4.51. The first-order chi connectivity index (χ1) is 9.79. The number of nitrogens with one attached hydrogen (secondary N) is 1. The molecule has 116 valence electrons. The predicted molar refractivity (Wildman–Crippen MR) is 79.3 cm³/mol. The summed E-state index contributed by atoms with van der Waals surface area (Å²) < 4.78 is 34.6. The number of carbonyl (C=O) groups excluding carboxylic acids is 1. The van der Waals surface area contributed by atoms with Crippen molar-refractivity contribution in [3.05, 3.63) is 23.3 Å². The second kappa shape index (κ2) is 6.15. The van der Waals surface area contributed by atoms with E-state index >= 15 is 0 Å². The van der Waals surface area contributed by atoms with Crippen molar-refractivity contribution in [1.82, 2.24) is 0 Å². The van der Waals surface area contributed by atoms with Crippen LogP contribution in [0.4, 0.5) is 5.69 Å². The van der Waals surface area contributed by atoms with Gasteiger partial charge in [0.2, 0.25) is 5.91 Å². The van der Waals surface area contributed by atoms with Gasteiger partial charge < -0.3 is 9.87 Å². The zero-order valence-electron chi connectivity index (χ0n) is 12.3. The molecular formula is C15H20NO4S-. The van der Waals surface area contributed by atoms with E-state index in [1.165, 1.54) is 13.0 Å². The van der Waals surface area contributed by atoms with Crippen LogP contribution >= 0.6 is 0 Å². The van der Waals surface area contributed by atoms with Crippen molar-refractivity contribution >= 4 is 21.7 Å². The predicted octanol–water partition coefficient (Wildman–Crippen LogP) is 2.91. The van der Waals surface area contributed by atoms with Crippen molar-refractivity contribution < 1.29 is 17.8 Å². The van der Waals surface area contributed by atoms with E-state index in [-0.39, 0.29) is 16.7 Å². The molecule has 1 aromatic rings. The Morgan fingerprint density at radius 3 is 2.38 bits per heavy atom. The lowest BCUT2D eigenvalue weighted by molar-refractivity contribution is -0.114. The van der Waals surface area contributed by atoms with Crippen molar-refractivity contribution in [2.75, 3.05) is 5.32 Å². The maximum Gasteiger partial charge on any atom is 0.221 e. The number of aryl methyl sites for hydroxylation is 1. The molecule has 2 rings (SSSR count). The highest BCUT2D eigenvalue weighted by Gasteiger charge is 2.22. The van der Waals surface area contributed by atoms with Gasteiger partial charge in [-0.25, -0.2) is 8.42 Å². The van der Waals surface area contributed by atoms with Gasteiger partial charge in [-0.1, -0.05) is 19.3 Å². The molecule has 0 atom stereocenters. The lowest BCUT2D eigenvalue weighted by Gasteiger charge is -2.26. The summed E-state index contributed by atoms with van der Waals surface area (Å²) in [6.45, 7) is 3.09. The molecule has 1 amide bonds. The summed E-state index contributed by atoms with van der Waals surface area (Å²) in [5.74, 6) is -0.143. The Balaban J connectivity index is 2.54. The second-order valence-electron chi connectivity index (χ2n) is 5.68. The van der Waals surface area contributed by atoms with Gasteiger partial charge in [0.1, 0.15) is 10.1 Å². The van der Waals surface area contributed by atoms with Crippen molar-refractivity contribution in [2.45, 2.75) is 56.8 Å². The molecule has 0 aliphatic heterocycles. The van der Waals surface area contributed by atoms with Crippen molar-refractivity contribution in [1.29, 1.82) is 0 Å². The van der Waals surface area contributed by atoms with Crippen LogP contribution in [0, 0.1) is 6.92 Å². The van der Waals surface area contributed by atoms with Crippen LogP contribution in [0.15, 0.2) is 17.0 Å². The molecule has 6 heteroatoms. The Morgan fingerprint density at radius 2 is 1.86 bits per heavy atom. The topological polar surface area (TPSA) is 86.3 Å². The van der Waals surface area contributed by atoms with Gasteiger partial charge in [0.05, 0.1) is 4.90 Å². The highest BCUT2D eigenvalue weighted by Crippen LogP contribution is 2.38. The first-order valence-corrected chi connectivity index (χ1v) is 8.58. The SMILES string of the molecule is CC(=O)Nc1cc(C2CCCCC2)c(S(=O)(=O)[O-])cc1C. The molecule has 1 N–H and O–H groups in total. The minimum absolute atomic E-state index is 0.0746. The Kier molecular flexibility index (Phi) is 4.68. The highest BCUT2D eigenvalue weighted by molar-refractivity contribution is 7.85. The molecule has 0 spiro atoms. The van der Waals surface area contributed by atoms with E-state index in [1.807, 2.05) is 0 Å². The summed E-state index contributed by atoms with van der Waals surface area (Å²) in [6.07, 6.45) is 4.97. The van der Waals surface area contributed by atoms with Crippen molar-refractivity contribution in [3.8, 4) is 0 Å². The minimum atomic E-state index is -4.51. The third kappa shape index (κ3) is 3.83. The Hall–Kier alpha value is -1.40. The average Bonchev–Trinajstić information content (AvgIpc) is 2.40. The summed E-state index contributed by atoms with van der Waals surface area (Å²) in [4.78, 5) is 11.1. The lowest BCUT2D eigenvalue weighted by Crippen LogP contribution is -2.14. The van der Waals surface area contributed by atoms with Gasteiger partial charge in [-0.3, -0.25) is 4.79 Å². The Morgan fingerprint density at radius 1 is 1.24 bits per heavy atom. The van der Waals surface area contributed by atoms with E-state index in [4.69, 9.17) is 0 Å². The molecule has 1 aromatic carbocycles. The van der Waals surface area contributed by atoms with E-state index in [9.17, 15) is 17.8 Å². The van der Waals surface area contributed by atoms with Gasteiger partial charge in [0, 0.05) is 12.6 Å². The normalized spacial score (nSPS) is 16.7. The van der Waals surface area contributed by atoms with Crippen LogP contribution < -0.4 is 5.32 Å². The van der Waals surface area contributed by atoms with E-state index < -0.39 is 10.1 Å². The van der Waals surface area contributed by atoms with Crippen LogP contribution in [0.5, 0.6) is 0 Å². The second-order valence-corrected chi connectivity index (χ2v) is 7.02. The van der Waals surface area contributed by atoms with Crippen LogP contribution in [0.1, 0.15) is 56.1 Å². The Bertz CT molecular complexity index is 646. The fourth-order valence-corrected chi connectivity index (χ4v) is 3.81. The molecule has 1 aliphatic carbocycles. The number of anilines is 1. The molecule has 5 nitrogen and oxygen atoms in total. The monoisotopic (exact) mass is 310 g/mol. The average molecular weight is 310 g/mol. The zero-order valence-corrected chi connectivity index (χ0v) is 13.1. The summed E-state index contributed by atoms with van der Waals surface area (Å²) in [5, 5.41) is 2.70. The van der Waals surface area contributed by atoms with Gasteiger partial charge in [0.15, 0.2) is 0 Å². The largest absolute Gasteiger partial charge is 0.744 e. The molecule has 0 heterocycles. The maximum absolute atomic E-state index is 11.5. The van der Waals surface area contributed by atoms with Gasteiger partial charge in [-0.15, -0.1) is 0 Å². The fourth-order valence-electron chi connectivity index (χ4n) is 2.97. The molecular weight excluding hydrogens is 290 g/mol. The molecule has 0 radical (unpaired) electrons. The van der Waals surface area contributed by atoms with Crippen LogP contribution in [0.3, 0.4) is 0 Å². The minimum Gasteiger partial charge on any atom is -0.744 e. The summed E-state index contributed by atoms with van der Waals surface area (Å²) in [6, 6.07) is 3.05. The van der Waals surface area contributed by atoms with Crippen molar-refractivity contribution in [2.24, 2.45) is 0 Å². The number of amides is 1. The van der Waals surface area contributed by atoms with E-state index in [0.717, 1.165) is 32.1 Å². The van der Waals surface area contributed by atoms with Crippen LogP contribution in [-0.2, 0) is 14.9 Å². The standard InChI is InChI=1S/C15H21NO4S/c1-10-8-15(21(18,19)20)13(9-14(10)16-11(2)17)12-6-4-3-5-7-12/h8-9,12H,3-7H2,1-2H3,(H,16,17)(H,18,19,20)/p-1. The Labute approximate surface area is 125 Å². The third-order valence-corrected chi connectivity index (χ3v) is 4.87. The number of rotatable bonds is 3. The van der Waals surface area contributed by atoms with Gasteiger partial charge in [-0.2, -0.15) is 0 Å². The van der Waals surface area contributed by atoms with Crippen LogP contribution in [0.2, 0.25) is 0 Å². The summed E-state index contributed by atoms with van der Waals surface area (Å²) >= 11 is 0. The number of benzene rings is 1. The first kappa shape index (κ1) is 16.0. The number of carbonyl (C=O) groups is 1. The van der Waals surface area contributed by atoms with Crippen molar-refractivity contribution in [3.63, 3.8) is 0 Å². The third-order valence-electron chi connectivity index (χ3n) is 3.98. The van der Waals surface area contributed by atoms with Gasteiger partial charge >= 0.3 is 0 Å². The molecule has 1 aliphatic rings. The molecule has 0 bridgehead atoms. The molecule has 1 fully saturated rings. The summed E-state index contributed by atoms with van der Waals surface area (Å²) in [5.41, 5.74) is 1.72. The van der Waals surface area contributed by atoms with E-state index in [1.54, 1.807) is 13.0 Å². The fraction of sp³-hybridized carbons (Fsp3) is 0.533. The molecule has 0 unspecified atom stereocenters. The number of hydrogen-bond acceptors (Lipinski definition) is 4. The van der Waals surface area contributed by atoms with E-state index in [0.29, 0.717) is 16.8 Å². The maximum atomic E-state index is 11.5. The zero-order chi connectivity index (χ0) is 15.6. The lowest BCUT2D eigenvalue weighted by atomic mass is 9.83.